The van der Waals surface area contributed by atoms with Gasteiger partial charge >= 0.3 is 0 Å². The average Bonchev–Trinajstić information content (AvgIpc) is 3.44. The molecule has 0 fully saturated rings. The molecule has 1 aromatic heterocycles. The van der Waals surface area contributed by atoms with E-state index in [1.807, 2.05) is 0 Å². The maximum atomic E-state index is 6.60. The number of fused-ring (bicyclic) bond motifs is 3. The van der Waals surface area contributed by atoms with Gasteiger partial charge in [0.1, 0.15) is 81.8 Å². The summed E-state index contributed by atoms with van der Waals surface area (Å²) in [5.41, 5.74) is 19.4. The fraction of sp³-hybridized carbons (Fsp3) is 0. The summed E-state index contributed by atoms with van der Waals surface area (Å²) >= 11 is 0. The Balaban J connectivity index is 1.49. The SMILES string of the molecule is Bc1c(B)c(B)c(-c2ccc3ccc4c(-c5cccc6oc7c(B)c(B)c(B)c(B)c7c56)ccc5ccc2c3c54)c(B)c1B. The summed E-state index contributed by atoms with van der Waals surface area (Å²) in [7, 11) is 20.3. The second-order valence-corrected chi connectivity index (χ2v) is 13.1. The summed E-state index contributed by atoms with van der Waals surface area (Å²) in [5, 5.41) is 10.4. The fourth-order valence-electron chi connectivity index (χ4n) is 8.07. The van der Waals surface area contributed by atoms with Crippen molar-refractivity contribution in [3.05, 3.63) is 66.7 Å². The largest absolute Gasteiger partial charge is 0.457 e. The van der Waals surface area contributed by atoms with Crippen LogP contribution in [0.15, 0.2) is 71.1 Å². The summed E-state index contributed by atoms with van der Waals surface area (Å²) in [6.45, 7) is 0. The lowest BCUT2D eigenvalue weighted by Crippen LogP contribution is -2.55. The Morgan fingerprint density at radius 1 is 0.364 bits per heavy atom. The Bertz CT molecular complexity index is 2520. The molecule has 0 atom stereocenters. The zero-order chi connectivity index (χ0) is 30.8. The van der Waals surface area contributed by atoms with Gasteiger partial charge in [0.15, 0.2) is 0 Å². The molecule has 0 aliphatic carbocycles. The van der Waals surface area contributed by atoms with Crippen molar-refractivity contribution in [1.29, 1.82) is 0 Å². The van der Waals surface area contributed by atoms with Gasteiger partial charge in [0.05, 0.1) is 0 Å². The van der Waals surface area contributed by atoms with Crippen molar-refractivity contribution >= 4 is 174 Å². The van der Waals surface area contributed by atoms with Crippen LogP contribution in [0.25, 0.3) is 76.5 Å². The first-order valence-electron chi connectivity index (χ1n) is 15.8. The van der Waals surface area contributed by atoms with E-state index in [4.69, 9.17) is 4.42 Å². The van der Waals surface area contributed by atoms with Crippen LogP contribution in [0.3, 0.4) is 0 Å². The molecule has 44 heavy (non-hydrogen) atoms. The number of rotatable bonds is 2. The second-order valence-electron chi connectivity index (χ2n) is 13.1. The number of furan rings is 1. The minimum absolute atomic E-state index is 0.956. The molecule has 0 amide bonds. The van der Waals surface area contributed by atoms with Crippen molar-refractivity contribution in [3.63, 3.8) is 0 Å². The summed E-state index contributed by atoms with van der Waals surface area (Å²) < 4.78 is 6.60. The first-order chi connectivity index (χ1) is 21.1. The number of hydrogen-bond donors (Lipinski definition) is 0. The first kappa shape index (κ1) is 27.5. The zero-order valence-corrected chi connectivity index (χ0v) is 27.3. The Kier molecular flexibility index (Phi) is 5.93. The van der Waals surface area contributed by atoms with Gasteiger partial charge in [0, 0.05) is 10.8 Å². The molecule has 0 aliphatic rings. The molecule has 0 saturated heterocycles. The van der Waals surface area contributed by atoms with Crippen LogP contribution >= 0.6 is 0 Å². The van der Waals surface area contributed by atoms with Gasteiger partial charge in [-0.2, -0.15) is 0 Å². The number of benzene rings is 7. The Labute approximate surface area is 266 Å². The van der Waals surface area contributed by atoms with Crippen molar-refractivity contribution in [3.8, 4) is 22.3 Å². The quantitative estimate of drug-likeness (QED) is 0.154. The van der Waals surface area contributed by atoms with Gasteiger partial charge in [-0.3, -0.25) is 0 Å². The molecule has 8 aromatic rings. The minimum atomic E-state index is 0.956. The molecule has 0 aliphatic heterocycles. The van der Waals surface area contributed by atoms with E-state index in [-0.39, 0.29) is 0 Å². The minimum Gasteiger partial charge on any atom is -0.457 e. The van der Waals surface area contributed by atoms with Gasteiger partial charge < -0.3 is 4.42 Å². The second kappa shape index (κ2) is 9.48. The van der Waals surface area contributed by atoms with Crippen LogP contribution in [0, 0.1) is 0 Å². The predicted molar refractivity (Wildman–Crippen MR) is 222 cm³/mol. The third-order valence-electron chi connectivity index (χ3n) is 11.3. The van der Waals surface area contributed by atoms with E-state index in [0.717, 1.165) is 11.2 Å². The maximum absolute atomic E-state index is 6.60. The Morgan fingerprint density at radius 2 is 0.864 bits per heavy atom. The molecule has 0 spiro atoms. The van der Waals surface area contributed by atoms with E-state index < -0.39 is 0 Å². The van der Waals surface area contributed by atoms with Crippen molar-refractivity contribution in [2.24, 2.45) is 0 Å². The molecule has 8 rings (SSSR count). The smallest absolute Gasteiger partial charge is 0.143 e. The molecule has 1 nitrogen and oxygen atoms in total. The van der Waals surface area contributed by atoms with Crippen LogP contribution in [-0.4, -0.2) is 70.6 Å². The fourth-order valence-corrected chi connectivity index (χ4v) is 8.07. The first-order valence-corrected chi connectivity index (χ1v) is 15.8. The molecule has 198 valence electrons. The van der Waals surface area contributed by atoms with Gasteiger partial charge in [-0.15, -0.1) is 21.9 Å². The van der Waals surface area contributed by atoms with Gasteiger partial charge in [0.25, 0.3) is 0 Å². The highest BCUT2D eigenvalue weighted by atomic mass is 16.3. The van der Waals surface area contributed by atoms with Crippen molar-refractivity contribution < 1.29 is 4.42 Å². The topological polar surface area (TPSA) is 13.1 Å². The van der Waals surface area contributed by atoms with E-state index in [1.165, 1.54) is 115 Å². The molecule has 1 heterocycles. The van der Waals surface area contributed by atoms with Crippen LogP contribution in [0.1, 0.15) is 0 Å². The summed E-state index contributed by atoms with van der Waals surface area (Å²) in [4.78, 5) is 0. The molecular formula is C34H29B9O. The lowest BCUT2D eigenvalue weighted by atomic mass is 9.59. The van der Waals surface area contributed by atoms with E-state index >= 15 is 0 Å². The standard InChI is InChI=1S/C34H29B9O/c35-25-23(26(36)29(39)31(41)28(25)38)18-11-7-13-5-9-16-14(8-4-12-6-10-17(18)21(13)20(12)16)15-2-1-3-19-22(15)24-27(37)30(40)32(42)33(43)34(24)44-19/h1-11H,35-43H2. The maximum Gasteiger partial charge on any atom is 0.143 e. The summed E-state index contributed by atoms with van der Waals surface area (Å²) in [6, 6.07) is 25.2. The van der Waals surface area contributed by atoms with E-state index in [0.29, 0.717) is 0 Å². The molecule has 7 aromatic carbocycles. The van der Waals surface area contributed by atoms with E-state index in [9.17, 15) is 0 Å². The molecule has 0 radical (unpaired) electrons. The third-order valence-corrected chi connectivity index (χ3v) is 11.3. The van der Waals surface area contributed by atoms with Crippen molar-refractivity contribution in [1.82, 2.24) is 0 Å². The molecule has 0 bridgehead atoms. The molecule has 0 unspecified atom stereocenters. The number of hydrogen-bond acceptors (Lipinski definition) is 1. The molecule has 0 N–H and O–H groups in total. The average molecular weight is 551 g/mol. The van der Waals surface area contributed by atoms with Crippen LogP contribution in [-0.2, 0) is 0 Å². The van der Waals surface area contributed by atoms with Crippen LogP contribution in [0.5, 0.6) is 0 Å². The molecule has 10 heteroatoms. The molecule has 0 saturated carbocycles. The highest BCUT2D eigenvalue weighted by Crippen LogP contribution is 2.44. The van der Waals surface area contributed by atoms with Gasteiger partial charge in [-0.25, -0.2) is 0 Å². The predicted octanol–water partition coefficient (Wildman–Crippen LogP) is -5.86. The highest BCUT2D eigenvalue weighted by molar-refractivity contribution is 6.69. The van der Waals surface area contributed by atoms with Crippen LogP contribution in [0.2, 0.25) is 0 Å². The van der Waals surface area contributed by atoms with E-state index in [1.54, 1.807) is 0 Å². The summed E-state index contributed by atoms with van der Waals surface area (Å²) in [6.07, 6.45) is 0. The zero-order valence-electron chi connectivity index (χ0n) is 27.3. The van der Waals surface area contributed by atoms with Crippen molar-refractivity contribution in [2.45, 2.75) is 0 Å². The Morgan fingerprint density at radius 3 is 1.50 bits per heavy atom. The van der Waals surface area contributed by atoms with E-state index in [2.05, 4.69) is 137 Å². The van der Waals surface area contributed by atoms with Crippen LogP contribution in [0.4, 0.5) is 0 Å². The van der Waals surface area contributed by atoms with Gasteiger partial charge in [-0.05, 0) is 60.6 Å². The monoisotopic (exact) mass is 552 g/mol. The van der Waals surface area contributed by atoms with Gasteiger partial charge in [-0.1, -0.05) is 88.0 Å². The summed E-state index contributed by atoms with van der Waals surface area (Å²) in [5.74, 6) is 0. The Hall–Kier alpha value is -4.04. The van der Waals surface area contributed by atoms with Crippen LogP contribution < -0.4 is 49.2 Å². The lowest BCUT2D eigenvalue weighted by molar-refractivity contribution is 0.672. The van der Waals surface area contributed by atoms with Crippen molar-refractivity contribution in [2.75, 3.05) is 0 Å². The third kappa shape index (κ3) is 3.49. The highest BCUT2D eigenvalue weighted by Gasteiger charge is 2.22. The normalized spacial score (nSPS) is 12.0. The van der Waals surface area contributed by atoms with Gasteiger partial charge in [0.2, 0.25) is 0 Å². The molecular weight excluding hydrogens is 522 g/mol. The lowest BCUT2D eigenvalue weighted by Gasteiger charge is -2.23.